The van der Waals surface area contributed by atoms with Gasteiger partial charge in [0.15, 0.2) is 0 Å². The molecule has 4 fully saturated rings. The van der Waals surface area contributed by atoms with E-state index in [1.807, 2.05) is 0 Å². The van der Waals surface area contributed by atoms with Gasteiger partial charge in [0.2, 0.25) is 0 Å². The van der Waals surface area contributed by atoms with Crippen LogP contribution < -0.4 is 5.32 Å². The van der Waals surface area contributed by atoms with Crippen molar-refractivity contribution in [2.75, 3.05) is 26.2 Å². The molecule has 0 aromatic heterocycles. The normalized spacial score (nSPS) is 33.9. The lowest BCUT2D eigenvalue weighted by molar-refractivity contribution is 0.0543. The van der Waals surface area contributed by atoms with E-state index in [1.54, 1.807) is 0 Å². The maximum absolute atomic E-state index is 3.89. The van der Waals surface area contributed by atoms with Crippen molar-refractivity contribution in [3.05, 3.63) is 70.2 Å². The molecule has 2 aromatic carbocycles. The average Bonchev–Trinajstić information content (AvgIpc) is 3.12. The Morgan fingerprint density at radius 1 is 0.852 bits per heavy atom. The van der Waals surface area contributed by atoms with Crippen molar-refractivity contribution >= 4 is 15.9 Å². The minimum Gasteiger partial charge on any atom is -0.315 e. The molecule has 1 N–H and O–H groups in total. The van der Waals surface area contributed by atoms with Gasteiger partial charge in [0.05, 0.1) is 0 Å². The van der Waals surface area contributed by atoms with Gasteiger partial charge < -0.3 is 5.32 Å². The van der Waals surface area contributed by atoms with Crippen LogP contribution in [0.4, 0.5) is 0 Å². The fraction of sp³-hybridized carbons (Fsp3) is 0.500. The summed E-state index contributed by atoms with van der Waals surface area (Å²) in [6.45, 7) is 4.84. The average molecular weight is 425 g/mol. The van der Waals surface area contributed by atoms with Crippen molar-refractivity contribution in [2.24, 2.45) is 5.92 Å². The molecular weight excluding hydrogens is 396 g/mol. The second-order valence-electron chi connectivity index (χ2n) is 8.80. The molecule has 6 rings (SSSR count). The summed E-state index contributed by atoms with van der Waals surface area (Å²) in [7, 11) is 0. The first-order valence-corrected chi connectivity index (χ1v) is 11.3. The number of halogens is 1. The van der Waals surface area contributed by atoms with Crippen LogP contribution in [0.15, 0.2) is 59.1 Å². The summed E-state index contributed by atoms with van der Waals surface area (Å²) in [5.41, 5.74) is 3.37. The summed E-state index contributed by atoms with van der Waals surface area (Å²) < 4.78 is 1.18. The fourth-order valence-electron chi connectivity index (χ4n) is 6.09. The van der Waals surface area contributed by atoms with Gasteiger partial charge in [-0.1, -0.05) is 58.4 Å². The number of fused-ring (bicyclic) bond motifs is 4. The fourth-order valence-corrected chi connectivity index (χ4v) is 6.35. The minimum atomic E-state index is 0.307. The Morgan fingerprint density at radius 2 is 1.48 bits per heavy atom. The van der Waals surface area contributed by atoms with Crippen LogP contribution in [0.5, 0.6) is 0 Å². The van der Waals surface area contributed by atoms with Gasteiger partial charge in [0, 0.05) is 16.6 Å². The van der Waals surface area contributed by atoms with Crippen molar-refractivity contribution in [1.82, 2.24) is 10.2 Å². The molecular formula is C24H29BrN2. The van der Waals surface area contributed by atoms with E-state index in [9.17, 15) is 0 Å². The van der Waals surface area contributed by atoms with E-state index in [4.69, 9.17) is 0 Å². The molecule has 3 aliphatic heterocycles. The standard InChI is InChI=1S/C24H29BrN2/c25-20-10-8-19(9-11-20)22-15-24(27-12-4-5-13-27)14-21(23(22)16-26-17-24)18-6-2-1-3-7-18/h1-3,6-11,21-23,26H,4-5,12-17H2. The van der Waals surface area contributed by atoms with Crippen LogP contribution in [0.1, 0.15) is 48.6 Å². The van der Waals surface area contributed by atoms with Gasteiger partial charge in [0.25, 0.3) is 0 Å². The summed E-state index contributed by atoms with van der Waals surface area (Å²) in [5.74, 6) is 1.95. The topological polar surface area (TPSA) is 15.3 Å². The third-order valence-electron chi connectivity index (χ3n) is 7.37. The lowest BCUT2D eigenvalue weighted by atomic mass is 9.61. The van der Waals surface area contributed by atoms with Crippen LogP contribution in [0, 0.1) is 5.92 Å². The molecule has 3 heterocycles. The molecule has 1 saturated carbocycles. The Hall–Kier alpha value is -1.16. The van der Waals surface area contributed by atoms with E-state index in [1.165, 1.54) is 54.4 Å². The molecule has 3 heteroatoms. The number of hydrogen-bond donors (Lipinski definition) is 1. The Kier molecular flexibility index (Phi) is 4.87. The van der Waals surface area contributed by atoms with Crippen molar-refractivity contribution < 1.29 is 0 Å². The van der Waals surface area contributed by atoms with Crippen LogP contribution in [0.2, 0.25) is 0 Å². The number of hydrogen-bond acceptors (Lipinski definition) is 2. The molecule has 142 valence electrons. The molecule has 4 aliphatic rings. The Labute approximate surface area is 171 Å². The van der Waals surface area contributed by atoms with Gasteiger partial charge in [0.1, 0.15) is 0 Å². The second kappa shape index (κ2) is 7.35. The summed E-state index contributed by atoms with van der Waals surface area (Å²) in [5, 5.41) is 3.89. The van der Waals surface area contributed by atoms with Gasteiger partial charge in [-0.15, -0.1) is 0 Å². The van der Waals surface area contributed by atoms with Gasteiger partial charge in [-0.25, -0.2) is 0 Å². The number of nitrogens with one attached hydrogen (secondary N) is 1. The third-order valence-corrected chi connectivity index (χ3v) is 7.90. The first kappa shape index (κ1) is 17.9. The summed E-state index contributed by atoms with van der Waals surface area (Å²) in [6.07, 6.45) is 5.34. The van der Waals surface area contributed by atoms with Gasteiger partial charge in [-0.2, -0.15) is 0 Å². The quantitative estimate of drug-likeness (QED) is 0.731. The van der Waals surface area contributed by atoms with Crippen molar-refractivity contribution in [2.45, 2.75) is 43.1 Å². The molecule has 0 radical (unpaired) electrons. The number of rotatable bonds is 3. The van der Waals surface area contributed by atoms with Crippen molar-refractivity contribution in [3.63, 3.8) is 0 Å². The lowest BCUT2D eigenvalue weighted by Gasteiger charge is -2.50. The van der Waals surface area contributed by atoms with Crippen LogP contribution >= 0.6 is 15.9 Å². The molecule has 1 aliphatic carbocycles. The number of nitrogens with zero attached hydrogens (tertiary/aromatic N) is 1. The highest BCUT2D eigenvalue weighted by Crippen LogP contribution is 2.53. The van der Waals surface area contributed by atoms with E-state index in [-0.39, 0.29) is 0 Å². The predicted octanol–water partition coefficient (Wildman–Crippen LogP) is 5.16. The van der Waals surface area contributed by atoms with Crippen molar-refractivity contribution in [3.8, 4) is 0 Å². The highest BCUT2D eigenvalue weighted by Gasteiger charge is 2.51. The Balaban J connectivity index is 1.58. The maximum Gasteiger partial charge on any atom is 0.0345 e. The van der Waals surface area contributed by atoms with E-state index >= 15 is 0 Å². The minimum absolute atomic E-state index is 0.307. The van der Waals surface area contributed by atoms with Gasteiger partial charge >= 0.3 is 0 Å². The zero-order valence-corrected chi connectivity index (χ0v) is 17.5. The first-order chi connectivity index (χ1) is 13.3. The largest absolute Gasteiger partial charge is 0.315 e. The van der Waals surface area contributed by atoms with Crippen LogP contribution in [-0.4, -0.2) is 36.6 Å². The van der Waals surface area contributed by atoms with E-state index in [0.717, 1.165) is 13.1 Å². The zero-order valence-electron chi connectivity index (χ0n) is 15.9. The molecule has 2 nitrogen and oxygen atoms in total. The van der Waals surface area contributed by atoms with Crippen LogP contribution in [0.3, 0.4) is 0 Å². The molecule has 4 unspecified atom stereocenters. The molecule has 4 atom stereocenters. The predicted molar refractivity (Wildman–Crippen MR) is 115 cm³/mol. The summed E-state index contributed by atoms with van der Waals surface area (Å²) in [4.78, 5) is 2.84. The van der Waals surface area contributed by atoms with E-state index < -0.39 is 0 Å². The van der Waals surface area contributed by atoms with E-state index in [0.29, 0.717) is 23.3 Å². The lowest BCUT2D eigenvalue weighted by Crippen LogP contribution is -2.55. The Bertz CT molecular complexity index is 769. The highest BCUT2D eigenvalue weighted by molar-refractivity contribution is 9.10. The molecule has 0 amide bonds. The smallest absolute Gasteiger partial charge is 0.0345 e. The van der Waals surface area contributed by atoms with Gasteiger partial charge in [-0.3, -0.25) is 4.90 Å². The number of benzene rings is 2. The van der Waals surface area contributed by atoms with Gasteiger partial charge in [-0.05, 0) is 86.3 Å². The number of likely N-dealkylation sites (tertiary alicyclic amines) is 1. The molecule has 0 spiro atoms. The second-order valence-corrected chi connectivity index (χ2v) is 9.71. The Morgan fingerprint density at radius 3 is 2.15 bits per heavy atom. The van der Waals surface area contributed by atoms with Crippen LogP contribution in [-0.2, 0) is 0 Å². The molecule has 27 heavy (non-hydrogen) atoms. The van der Waals surface area contributed by atoms with E-state index in [2.05, 4.69) is 80.7 Å². The monoisotopic (exact) mass is 424 g/mol. The van der Waals surface area contributed by atoms with Crippen molar-refractivity contribution in [1.29, 1.82) is 0 Å². The maximum atomic E-state index is 3.89. The molecule has 2 bridgehead atoms. The molecule has 2 aromatic rings. The highest BCUT2D eigenvalue weighted by atomic mass is 79.9. The third kappa shape index (κ3) is 3.28. The first-order valence-electron chi connectivity index (χ1n) is 10.5. The summed E-state index contributed by atoms with van der Waals surface area (Å²) in [6, 6.07) is 20.5. The van der Waals surface area contributed by atoms with Crippen LogP contribution in [0.25, 0.3) is 0 Å². The molecule has 3 saturated heterocycles. The summed E-state index contributed by atoms with van der Waals surface area (Å²) >= 11 is 3.62. The zero-order chi connectivity index (χ0) is 18.3. The SMILES string of the molecule is Brc1ccc(C2CC3(N4CCCC4)CNCC2C(c2ccccc2)C3)cc1.